The number of nitrogens with zero attached hydrogens (tertiary/aromatic N) is 4. The second-order valence-corrected chi connectivity index (χ2v) is 3.77. The molecule has 3 heterocycles. The van der Waals surface area contributed by atoms with Crippen LogP contribution in [-0.4, -0.2) is 26.3 Å². The molecule has 0 aliphatic rings. The molecule has 0 saturated heterocycles. The Kier molecular flexibility index (Phi) is 2.53. The second-order valence-electron chi connectivity index (χ2n) is 3.77. The average Bonchev–Trinajstić information content (AvgIpc) is 2.86. The predicted molar refractivity (Wildman–Crippen MR) is 67.3 cm³/mol. The van der Waals surface area contributed by atoms with E-state index in [1.807, 2.05) is 0 Å². The molecule has 0 saturated carbocycles. The molecule has 0 radical (unpaired) electrons. The maximum absolute atomic E-state index is 10.5. The van der Waals surface area contributed by atoms with E-state index in [1.54, 1.807) is 29.1 Å². The van der Waals surface area contributed by atoms with Crippen molar-refractivity contribution >= 4 is 29.2 Å². The van der Waals surface area contributed by atoms with E-state index < -0.39 is 0 Å². The highest BCUT2D eigenvalue weighted by Crippen LogP contribution is 2.12. The Labute approximate surface area is 107 Å². The van der Waals surface area contributed by atoms with Gasteiger partial charge in [-0.3, -0.25) is 4.79 Å². The molecular formula is C11H10N7O+. The molecule has 8 heteroatoms. The average molecular weight is 256 g/mol. The molecule has 8 nitrogen and oxygen atoms in total. The molecule has 3 aromatic rings. The van der Waals surface area contributed by atoms with Crippen molar-refractivity contribution in [1.29, 1.82) is 0 Å². The molecule has 4 N–H and O–H groups in total. The number of nitrogens with one attached hydrogen (secondary N) is 2. The lowest BCUT2D eigenvalue weighted by Crippen LogP contribution is -2.32. The van der Waals surface area contributed by atoms with Gasteiger partial charge in [-0.2, -0.15) is 9.55 Å². The Morgan fingerprint density at radius 1 is 1.42 bits per heavy atom. The summed E-state index contributed by atoms with van der Waals surface area (Å²) in [6.07, 6.45) is 5.64. The third-order valence-electron chi connectivity index (χ3n) is 2.55. The highest BCUT2D eigenvalue weighted by Gasteiger charge is 2.18. The van der Waals surface area contributed by atoms with Crippen molar-refractivity contribution < 1.29 is 9.36 Å². The quantitative estimate of drug-likeness (QED) is 0.443. The van der Waals surface area contributed by atoms with Crippen molar-refractivity contribution in [3.63, 3.8) is 0 Å². The minimum Gasteiger partial charge on any atom is -0.346 e. The molecular weight excluding hydrogens is 246 g/mol. The zero-order valence-electron chi connectivity index (χ0n) is 9.74. The summed E-state index contributed by atoms with van der Waals surface area (Å²) >= 11 is 0. The first-order chi connectivity index (χ1) is 9.28. The summed E-state index contributed by atoms with van der Waals surface area (Å²) in [5.74, 6) is 0.699. The SMILES string of the molecule is Nc1nc(-[n+]2cccc(NC=O)c2)c2[nH]cnc2n1. The Morgan fingerprint density at radius 2 is 2.32 bits per heavy atom. The molecule has 0 spiro atoms. The van der Waals surface area contributed by atoms with E-state index in [4.69, 9.17) is 5.73 Å². The van der Waals surface area contributed by atoms with Crippen molar-refractivity contribution in [2.24, 2.45) is 0 Å². The summed E-state index contributed by atoms with van der Waals surface area (Å²) in [4.78, 5) is 25.7. The van der Waals surface area contributed by atoms with E-state index in [9.17, 15) is 4.79 Å². The number of hydrogen-bond donors (Lipinski definition) is 3. The van der Waals surface area contributed by atoms with Gasteiger partial charge in [0.2, 0.25) is 6.41 Å². The number of amides is 1. The normalized spacial score (nSPS) is 10.5. The van der Waals surface area contributed by atoms with Crippen molar-refractivity contribution in [3.8, 4) is 5.82 Å². The van der Waals surface area contributed by atoms with E-state index in [-0.39, 0.29) is 5.95 Å². The number of aromatic nitrogens is 5. The number of nitrogen functional groups attached to an aromatic ring is 1. The number of aromatic amines is 1. The molecule has 0 aliphatic heterocycles. The molecule has 0 fully saturated rings. The van der Waals surface area contributed by atoms with Crippen LogP contribution in [0.2, 0.25) is 0 Å². The van der Waals surface area contributed by atoms with Gasteiger partial charge < -0.3 is 16.0 Å². The van der Waals surface area contributed by atoms with Gasteiger partial charge in [0.25, 0.3) is 0 Å². The summed E-state index contributed by atoms with van der Waals surface area (Å²) in [5, 5.41) is 2.57. The molecule has 0 atom stereocenters. The monoisotopic (exact) mass is 256 g/mol. The first-order valence-corrected chi connectivity index (χ1v) is 5.46. The number of imidazole rings is 1. The van der Waals surface area contributed by atoms with Crippen molar-refractivity contribution in [2.45, 2.75) is 0 Å². The molecule has 19 heavy (non-hydrogen) atoms. The van der Waals surface area contributed by atoms with Crippen LogP contribution in [0.5, 0.6) is 0 Å². The Morgan fingerprint density at radius 3 is 3.16 bits per heavy atom. The van der Waals surface area contributed by atoms with Crippen LogP contribution in [0.1, 0.15) is 0 Å². The number of nitrogens with two attached hydrogens (primary N) is 1. The molecule has 0 aliphatic carbocycles. The summed E-state index contributed by atoms with van der Waals surface area (Å²) < 4.78 is 1.73. The lowest BCUT2D eigenvalue weighted by Gasteiger charge is -2.00. The fourth-order valence-corrected chi connectivity index (χ4v) is 1.78. The highest BCUT2D eigenvalue weighted by molar-refractivity contribution is 5.77. The lowest BCUT2D eigenvalue weighted by molar-refractivity contribution is -0.597. The van der Waals surface area contributed by atoms with Crippen molar-refractivity contribution in [1.82, 2.24) is 19.9 Å². The number of pyridine rings is 1. The fourth-order valence-electron chi connectivity index (χ4n) is 1.78. The topological polar surface area (TPSA) is 113 Å². The first kappa shape index (κ1) is 11.1. The van der Waals surface area contributed by atoms with E-state index in [0.29, 0.717) is 29.1 Å². The molecule has 0 aromatic carbocycles. The number of carbonyl (C=O) groups is 1. The van der Waals surface area contributed by atoms with Gasteiger partial charge in [-0.25, -0.2) is 4.98 Å². The van der Waals surface area contributed by atoms with Crippen LogP contribution in [0.3, 0.4) is 0 Å². The molecule has 3 aromatic heterocycles. The highest BCUT2D eigenvalue weighted by atomic mass is 16.1. The maximum Gasteiger partial charge on any atom is 0.359 e. The number of carbonyl (C=O) groups excluding carboxylic acids is 1. The fraction of sp³-hybridized carbons (Fsp3) is 0. The standard InChI is InChI=1S/C11H9N7O/c12-11-16-9-8(13-5-14-9)10(17-11)18-3-1-2-7(4-18)15-6-19/h1-6H,(H3-,12,13,14,15,16,17,19)/p+1. The summed E-state index contributed by atoms with van der Waals surface area (Å²) in [6, 6.07) is 3.55. The minimum absolute atomic E-state index is 0.135. The Balaban J connectivity index is 2.20. The third-order valence-corrected chi connectivity index (χ3v) is 2.55. The van der Waals surface area contributed by atoms with Gasteiger partial charge in [-0.05, 0) is 12.1 Å². The Hall–Kier alpha value is -3.03. The third kappa shape index (κ3) is 1.95. The van der Waals surface area contributed by atoms with Crippen LogP contribution in [0.4, 0.5) is 11.6 Å². The van der Waals surface area contributed by atoms with Gasteiger partial charge in [0, 0.05) is 4.98 Å². The van der Waals surface area contributed by atoms with Crippen molar-refractivity contribution in [3.05, 3.63) is 30.9 Å². The van der Waals surface area contributed by atoms with Crippen LogP contribution >= 0.6 is 0 Å². The Bertz CT molecular complexity index is 752. The molecule has 0 unspecified atom stereocenters. The van der Waals surface area contributed by atoms with Crippen LogP contribution in [0, 0.1) is 0 Å². The zero-order chi connectivity index (χ0) is 13.2. The van der Waals surface area contributed by atoms with Gasteiger partial charge in [0.05, 0.1) is 18.2 Å². The molecule has 0 bridgehead atoms. The lowest BCUT2D eigenvalue weighted by atomic mass is 10.4. The van der Waals surface area contributed by atoms with Crippen LogP contribution in [-0.2, 0) is 4.79 Å². The van der Waals surface area contributed by atoms with E-state index in [1.165, 1.54) is 6.33 Å². The number of anilines is 2. The predicted octanol–water partition coefficient (Wildman–Crippen LogP) is -0.220. The number of rotatable bonds is 3. The number of H-pyrrole nitrogens is 1. The largest absolute Gasteiger partial charge is 0.359 e. The minimum atomic E-state index is 0.135. The van der Waals surface area contributed by atoms with Gasteiger partial charge >= 0.3 is 11.8 Å². The van der Waals surface area contributed by atoms with Crippen molar-refractivity contribution in [2.75, 3.05) is 11.1 Å². The summed E-state index contributed by atoms with van der Waals surface area (Å²) in [6.45, 7) is 0. The van der Waals surface area contributed by atoms with E-state index >= 15 is 0 Å². The van der Waals surface area contributed by atoms with Crippen LogP contribution in [0.25, 0.3) is 17.0 Å². The van der Waals surface area contributed by atoms with Crippen LogP contribution in [0.15, 0.2) is 30.9 Å². The molecule has 3 rings (SSSR count). The number of fused-ring (bicyclic) bond motifs is 1. The smallest absolute Gasteiger partial charge is 0.346 e. The zero-order valence-corrected chi connectivity index (χ0v) is 9.74. The summed E-state index contributed by atoms with van der Waals surface area (Å²) in [7, 11) is 0. The maximum atomic E-state index is 10.5. The van der Waals surface area contributed by atoms with E-state index in [2.05, 4.69) is 25.3 Å². The second kappa shape index (κ2) is 4.33. The summed E-state index contributed by atoms with van der Waals surface area (Å²) in [5.41, 5.74) is 7.46. The number of hydrogen-bond acceptors (Lipinski definition) is 5. The molecule has 94 valence electrons. The van der Waals surface area contributed by atoms with Gasteiger partial charge in [0.15, 0.2) is 11.2 Å². The van der Waals surface area contributed by atoms with E-state index in [0.717, 1.165) is 0 Å². The van der Waals surface area contributed by atoms with Gasteiger partial charge in [-0.15, -0.1) is 0 Å². The van der Waals surface area contributed by atoms with Gasteiger partial charge in [-0.1, -0.05) is 0 Å². The molecule has 1 amide bonds. The first-order valence-electron chi connectivity index (χ1n) is 5.46. The van der Waals surface area contributed by atoms with Gasteiger partial charge in [0.1, 0.15) is 6.20 Å². The van der Waals surface area contributed by atoms with Crippen LogP contribution < -0.4 is 15.6 Å².